The second-order valence-electron chi connectivity index (χ2n) is 5.71. The van der Waals surface area contributed by atoms with Gasteiger partial charge in [-0.1, -0.05) is 41.9 Å². The molecule has 1 unspecified atom stereocenters. The molecule has 1 fully saturated rings. The fourth-order valence-electron chi connectivity index (χ4n) is 2.93. The summed E-state index contributed by atoms with van der Waals surface area (Å²) in [5, 5.41) is 0.345. The van der Waals surface area contributed by atoms with Crippen molar-refractivity contribution < 1.29 is 19.0 Å². The molecule has 5 nitrogen and oxygen atoms in total. The molecule has 25 heavy (non-hydrogen) atoms. The Morgan fingerprint density at radius 3 is 2.64 bits per heavy atom. The monoisotopic (exact) mass is 361 g/mol. The van der Waals surface area contributed by atoms with Crippen LogP contribution in [0.2, 0.25) is 5.02 Å². The lowest BCUT2D eigenvalue weighted by atomic mass is 10.1. The third kappa shape index (κ3) is 3.72. The summed E-state index contributed by atoms with van der Waals surface area (Å²) in [7, 11) is 3.03. The largest absolute Gasteiger partial charge is 0.493 e. The summed E-state index contributed by atoms with van der Waals surface area (Å²) >= 11 is 6.22. The maximum atomic E-state index is 12.9. The first-order chi connectivity index (χ1) is 12.1. The van der Waals surface area contributed by atoms with E-state index in [-0.39, 0.29) is 12.0 Å². The van der Waals surface area contributed by atoms with Crippen molar-refractivity contribution in [3.8, 4) is 11.5 Å². The van der Waals surface area contributed by atoms with Crippen molar-refractivity contribution in [2.45, 2.75) is 6.10 Å². The third-order valence-corrected chi connectivity index (χ3v) is 4.49. The number of amides is 1. The number of benzene rings is 2. The fraction of sp³-hybridized carbons (Fsp3) is 0.316. The zero-order chi connectivity index (χ0) is 17.8. The summed E-state index contributed by atoms with van der Waals surface area (Å²) in [6.07, 6.45) is -0.130. The van der Waals surface area contributed by atoms with Crippen molar-refractivity contribution in [1.29, 1.82) is 0 Å². The molecule has 0 aliphatic carbocycles. The molecule has 132 valence electrons. The van der Waals surface area contributed by atoms with Crippen molar-refractivity contribution in [3.63, 3.8) is 0 Å². The van der Waals surface area contributed by atoms with Gasteiger partial charge in [0.25, 0.3) is 5.91 Å². The highest BCUT2D eigenvalue weighted by molar-refractivity contribution is 6.32. The van der Waals surface area contributed by atoms with Crippen LogP contribution in [0, 0.1) is 0 Å². The molecule has 6 heteroatoms. The van der Waals surface area contributed by atoms with Crippen LogP contribution in [0.3, 0.4) is 0 Å². The number of hydrogen-bond acceptors (Lipinski definition) is 4. The smallest absolute Gasteiger partial charge is 0.254 e. The third-order valence-electron chi connectivity index (χ3n) is 4.21. The van der Waals surface area contributed by atoms with Gasteiger partial charge in [-0.25, -0.2) is 0 Å². The van der Waals surface area contributed by atoms with Crippen LogP contribution in [-0.4, -0.2) is 44.7 Å². The summed E-state index contributed by atoms with van der Waals surface area (Å²) in [5.74, 6) is 0.753. The van der Waals surface area contributed by atoms with E-state index in [2.05, 4.69) is 0 Å². The van der Waals surface area contributed by atoms with E-state index in [0.29, 0.717) is 41.8 Å². The van der Waals surface area contributed by atoms with Crippen molar-refractivity contribution in [2.75, 3.05) is 33.9 Å². The Morgan fingerprint density at radius 2 is 1.96 bits per heavy atom. The van der Waals surface area contributed by atoms with Crippen LogP contribution in [0.5, 0.6) is 11.5 Å². The Hall–Kier alpha value is -2.24. The van der Waals surface area contributed by atoms with E-state index in [4.69, 9.17) is 25.8 Å². The number of hydrogen-bond donors (Lipinski definition) is 0. The molecule has 1 aliphatic rings. The van der Waals surface area contributed by atoms with Gasteiger partial charge in [-0.15, -0.1) is 0 Å². The summed E-state index contributed by atoms with van der Waals surface area (Å²) in [6.45, 7) is 1.52. The SMILES string of the molecule is COc1cc(C(=O)N2CCOC(c3ccccc3)C2)cc(Cl)c1OC. The van der Waals surface area contributed by atoms with Crippen LogP contribution in [0.4, 0.5) is 0 Å². The maximum Gasteiger partial charge on any atom is 0.254 e. The van der Waals surface area contributed by atoms with Crippen LogP contribution in [0.15, 0.2) is 42.5 Å². The highest BCUT2D eigenvalue weighted by Crippen LogP contribution is 2.36. The van der Waals surface area contributed by atoms with Crippen LogP contribution >= 0.6 is 11.6 Å². The lowest BCUT2D eigenvalue weighted by molar-refractivity contribution is -0.0228. The minimum atomic E-state index is -0.130. The standard InChI is InChI=1S/C19H20ClNO4/c1-23-16-11-14(10-15(20)18(16)24-2)19(22)21-8-9-25-17(12-21)13-6-4-3-5-7-13/h3-7,10-11,17H,8-9,12H2,1-2H3. The average Bonchev–Trinajstić information content (AvgIpc) is 2.67. The van der Waals surface area contributed by atoms with Gasteiger partial charge < -0.3 is 19.1 Å². The summed E-state index contributed by atoms with van der Waals surface area (Å²) < 4.78 is 16.3. The molecular weight excluding hydrogens is 342 g/mol. The van der Waals surface area contributed by atoms with Gasteiger partial charge in [0.05, 0.1) is 32.4 Å². The molecule has 3 rings (SSSR count). The summed E-state index contributed by atoms with van der Waals surface area (Å²) in [6, 6.07) is 13.2. The van der Waals surface area contributed by atoms with Gasteiger partial charge in [-0.3, -0.25) is 4.79 Å². The molecule has 1 saturated heterocycles. The number of morpholine rings is 1. The number of rotatable bonds is 4. The highest BCUT2D eigenvalue weighted by Gasteiger charge is 2.27. The molecule has 0 N–H and O–H groups in total. The normalized spacial score (nSPS) is 17.2. The van der Waals surface area contributed by atoms with E-state index in [1.807, 2.05) is 30.3 Å². The molecule has 0 bridgehead atoms. The topological polar surface area (TPSA) is 48.0 Å². The van der Waals surface area contributed by atoms with Crippen LogP contribution in [0.25, 0.3) is 0 Å². The molecular formula is C19H20ClNO4. The molecule has 1 aliphatic heterocycles. The van der Waals surface area contributed by atoms with Gasteiger partial charge in [-0.2, -0.15) is 0 Å². The van der Waals surface area contributed by atoms with E-state index >= 15 is 0 Å². The quantitative estimate of drug-likeness (QED) is 0.835. The van der Waals surface area contributed by atoms with E-state index in [1.165, 1.54) is 14.2 Å². The van der Waals surface area contributed by atoms with Gasteiger partial charge in [0.1, 0.15) is 6.10 Å². The first-order valence-electron chi connectivity index (χ1n) is 8.01. The van der Waals surface area contributed by atoms with E-state index in [0.717, 1.165) is 5.56 Å². The van der Waals surface area contributed by atoms with Crippen molar-refractivity contribution in [3.05, 3.63) is 58.6 Å². The molecule has 1 heterocycles. The summed E-state index contributed by atoms with van der Waals surface area (Å²) in [5.41, 5.74) is 1.53. The Bertz CT molecular complexity index is 751. The molecule has 0 saturated carbocycles. The predicted molar refractivity (Wildman–Crippen MR) is 95.6 cm³/mol. The van der Waals surface area contributed by atoms with Crippen molar-refractivity contribution >= 4 is 17.5 Å². The highest BCUT2D eigenvalue weighted by atomic mass is 35.5. The van der Waals surface area contributed by atoms with Crippen molar-refractivity contribution in [2.24, 2.45) is 0 Å². The average molecular weight is 362 g/mol. The van der Waals surface area contributed by atoms with Crippen LogP contribution in [-0.2, 0) is 4.74 Å². The zero-order valence-corrected chi connectivity index (χ0v) is 15.0. The van der Waals surface area contributed by atoms with Gasteiger partial charge in [0.2, 0.25) is 0 Å². The number of carbonyl (C=O) groups excluding carboxylic acids is 1. The number of nitrogens with zero attached hydrogens (tertiary/aromatic N) is 1. The van der Waals surface area contributed by atoms with Gasteiger partial charge in [-0.05, 0) is 17.7 Å². The number of halogens is 1. The molecule has 0 radical (unpaired) electrons. The first-order valence-corrected chi connectivity index (χ1v) is 8.39. The second-order valence-corrected chi connectivity index (χ2v) is 6.12. The first kappa shape index (κ1) is 17.6. The predicted octanol–water partition coefficient (Wildman–Crippen LogP) is 3.57. The number of methoxy groups -OCH3 is 2. The number of ether oxygens (including phenoxy) is 3. The number of carbonyl (C=O) groups is 1. The Morgan fingerprint density at radius 1 is 1.20 bits per heavy atom. The minimum absolute atomic E-state index is 0.105. The zero-order valence-electron chi connectivity index (χ0n) is 14.2. The van der Waals surface area contributed by atoms with E-state index < -0.39 is 0 Å². The van der Waals surface area contributed by atoms with Crippen molar-refractivity contribution in [1.82, 2.24) is 4.90 Å². The Kier molecular flexibility index (Phi) is 5.46. The second kappa shape index (κ2) is 7.76. The maximum absolute atomic E-state index is 12.9. The van der Waals surface area contributed by atoms with Crippen LogP contribution in [0.1, 0.15) is 22.0 Å². The van der Waals surface area contributed by atoms with Crippen LogP contribution < -0.4 is 9.47 Å². The lowest BCUT2D eigenvalue weighted by Gasteiger charge is -2.33. The molecule has 0 spiro atoms. The summed E-state index contributed by atoms with van der Waals surface area (Å²) in [4.78, 5) is 14.7. The van der Waals surface area contributed by atoms with E-state index in [1.54, 1.807) is 17.0 Å². The Labute approximate surface area is 152 Å². The molecule has 2 aromatic carbocycles. The van der Waals surface area contributed by atoms with E-state index in [9.17, 15) is 4.79 Å². The lowest BCUT2D eigenvalue weighted by Crippen LogP contribution is -2.42. The molecule has 1 amide bonds. The molecule has 1 atom stereocenters. The molecule has 0 aromatic heterocycles. The van der Waals surface area contributed by atoms with Gasteiger partial charge in [0, 0.05) is 12.1 Å². The minimum Gasteiger partial charge on any atom is -0.493 e. The van der Waals surface area contributed by atoms with Gasteiger partial charge in [0.15, 0.2) is 11.5 Å². The fourth-order valence-corrected chi connectivity index (χ4v) is 3.21. The Balaban J connectivity index is 1.82. The molecule has 2 aromatic rings. The van der Waals surface area contributed by atoms with Gasteiger partial charge >= 0.3 is 0 Å².